The van der Waals surface area contributed by atoms with E-state index in [4.69, 9.17) is 10.5 Å². The van der Waals surface area contributed by atoms with Gasteiger partial charge in [-0.05, 0) is 24.7 Å². The first kappa shape index (κ1) is 15.4. The minimum atomic E-state index is -3.49. The van der Waals surface area contributed by atoms with Gasteiger partial charge in [-0.25, -0.2) is 13.1 Å². The highest BCUT2D eigenvalue weighted by atomic mass is 32.2. The molecule has 0 bridgehead atoms. The second kappa shape index (κ2) is 6.21. The van der Waals surface area contributed by atoms with Crippen LogP contribution in [0.2, 0.25) is 0 Å². The maximum Gasteiger partial charge on any atom is 0.243 e. The first-order chi connectivity index (χ1) is 9.51. The maximum atomic E-state index is 12.2. The van der Waals surface area contributed by atoms with Crippen LogP contribution in [0.4, 0.5) is 0 Å². The normalized spacial score (nSPS) is 17.3. The molecule has 20 heavy (non-hydrogen) atoms. The third kappa shape index (κ3) is 3.78. The Morgan fingerprint density at radius 3 is 2.90 bits per heavy atom. The second-order valence-electron chi connectivity index (χ2n) is 5.30. The standard InChI is InChI=1S/C12H22N4O3S/c1-19-7-4-12(2-3-12)10-15-20(17,18)11-8-14-16(9-11)6-5-13/h8-9,15H,2-7,10,13H2,1H3. The molecule has 2 rings (SSSR count). The van der Waals surface area contributed by atoms with Gasteiger partial charge in [0.15, 0.2) is 0 Å². The van der Waals surface area contributed by atoms with Gasteiger partial charge < -0.3 is 10.5 Å². The van der Waals surface area contributed by atoms with Crippen LogP contribution in [-0.4, -0.2) is 45.0 Å². The Hall–Kier alpha value is -0.960. The van der Waals surface area contributed by atoms with Gasteiger partial charge in [0.1, 0.15) is 4.90 Å². The third-order valence-corrected chi connectivity index (χ3v) is 5.06. The van der Waals surface area contributed by atoms with Crippen molar-refractivity contribution in [3.05, 3.63) is 12.4 Å². The van der Waals surface area contributed by atoms with Gasteiger partial charge >= 0.3 is 0 Å². The second-order valence-corrected chi connectivity index (χ2v) is 7.06. The number of hydrogen-bond acceptors (Lipinski definition) is 5. The lowest BCUT2D eigenvalue weighted by molar-refractivity contribution is 0.173. The van der Waals surface area contributed by atoms with E-state index in [9.17, 15) is 8.42 Å². The molecular formula is C12H22N4O3S. The van der Waals surface area contributed by atoms with Crippen molar-refractivity contribution in [3.8, 4) is 0 Å². The zero-order chi connectivity index (χ0) is 14.6. The molecule has 1 aromatic heterocycles. The minimum absolute atomic E-state index is 0.0797. The number of ether oxygens (including phenoxy) is 1. The Bertz CT molecular complexity index is 537. The van der Waals surface area contributed by atoms with Crippen molar-refractivity contribution in [2.75, 3.05) is 26.8 Å². The van der Waals surface area contributed by atoms with Crippen molar-refractivity contribution in [1.82, 2.24) is 14.5 Å². The number of nitrogens with two attached hydrogens (primary N) is 1. The lowest BCUT2D eigenvalue weighted by atomic mass is 10.0. The molecule has 1 saturated carbocycles. The molecule has 0 unspecified atom stereocenters. The molecule has 0 spiro atoms. The van der Waals surface area contributed by atoms with Gasteiger partial charge in [0.25, 0.3) is 0 Å². The van der Waals surface area contributed by atoms with E-state index < -0.39 is 10.0 Å². The summed E-state index contributed by atoms with van der Waals surface area (Å²) >= 11 is 0. The monoisotopic (exact) mass is 302 g/mol. The molecule has 114 valence electrons. The van der Waals surface area contributed by atoms with Crippen LogP contribution < -0.4 is 10.5 Å². The Balaban J connectivity index is 1.93. The van der Waals surface area contributed by atoms with Gasteiger partial charge in [-0.1, -0.05) is 0 Å². The molecule has 0 aromatic carbocycles. The number of methoxy groups -OCH3 is 1. The highest BCUT2D eigenvalue weighted by Crippen LogP contribution is 2.48. The van der Waals surface area contributed by atoms with Crippen molar-refractivity contribution in [2.45, 2.75) is 30.7 Å². The molecular weight excluding hydrogens is 280 g/mol. The zero-order valence-electron chi connectivity index (χ0n) is 11.7. The van der Waals surface area contributed by atoms with Crippen molar-refractivity contribution >= 4 is 10.0 Å². The van der Waals surface area contributed by atoms with Crippen molar-refractivity contribution in [3.63, 3.8) is 0 Å². The number of nitrogens with zero attached hydrogens (tertiary/aromatic N) is 2. The topological polar surface area (TPSA) is 99.2 Å². The molecule has 8 heteroatoms. The summed E-state index contributed by atoms with van der Waals surface area (Å²) in [6, 6.07) is 0. The van der Waals surface area contributed by atoms with Gasteiger partial charge in [0.2, 0.25) is 10.0 Å². The summed E-state index contributed by atoms with van der Waals surface area (Å²) in [6.07, 6.45) is 5.84. The molecule has 7 nitrogen and oxygen atoms in total. The number of nitrogens with one attached hydrogen (secondary N) is 1. The minimum Gasteiger partial charge on any atom is -0.385 e. The SMILES string of the molecule is COCCC1(CNS(=O)(=O)c2cnn(CCN)c2)CC1. The summed E-state index contributed by atoms with van der Waals surface area (Å²) < 4.78 is 33.6. The summed E-state index contributed by atoms with van der Waals surface area (Å²) in [6.45, 7) is 2.05. The summed E-state index contributed by atoms with van der Waals surface area (Å²) in [4.78, 5) is 0.188. The highest BCUT2D eigenvalue weighted by molar-refractivity contribution is 7.89. The van der Waals surface area contributed by atoms with E-state index in [2.05, 4.69) is 9.82 Å². The van der Waals surface area contributed by atoms with Gasteiger partial charge in [0, 0.05) is 33.0 Å². The average Bonchev–Trinajstić information content (AvgIpc) is 3.04. The molecule has 1 fully saturated rings. The lowest BCUT2D eigenvalue weighted by Crippen LogP contribution is -2.30. The predicted molar refractivity (Wildman–Crippen MR) is 74.6 cm³/mol. The Kier molecular flexibility index (Phi) is 4.79. The van der Waals surface area contributed by atoms with Crippen LogP contribution in [-0.2, 0) is 21.3 Å². The van der Waals surface area contributed by atoms with Crippen LogP contribution in [0.3, 0.4) is 0 Å². The van der Waals surface area contributed by atoms with Crippen LogP contribution in [0.15, 0.2) is 17.3 Å². The van der Waals surface area contributed by atoms with E-state index in [1.54, 1.807) is 7.11 Å². The van der Waals surface area contributed by atoms with E-state index in [0.717, 1.165) is 19.3 Å². The summed E-state index contributed by atoms with van der Waals surface area (Å²) in [5, 5.41) is 3.98. The molecule has 1 aromatic rings. The number of sulfonamides is 1. The predicted octanol–water partition coefficient (Wildman–Crippen LogP) is -0.0632. The molecule has 0 aliphatic heterocycles. The average molecular weight is 302 g/mol. The molecule has 0 atom stereocenters. The van der Waals surface area contributed by atoms with E-state index in [0.29, 0.717) is 26.2 Å². The fraction of sp³-hybridized carbons (Fsp3) is 0.750. The molecule has 1 heterocycles. The molecule has 0 saturated heterocycles. The Labute approximate surface area is 119 Å². The number of aromatic nitrogens is 2. The fourth-order valence-corrected chi connectivity index (χ4v) is 3.19. The third-order valence-electron chi connectivity index (χ3n) is 3.71. The molecule has 0 radical (unpaired) electrons. The van der Waals surface area contributed by atoms with Crippen LogP contribution in [0.1, 0.15) is 19.3 Å². The fourth-order valence-electron chi connectivity index (χ4n) is 2.08. The first-order valence-electron chi connectivity index (χ1n) is 6.72. The van der Waals surface area contributed by atoms with Crippen LogP contribution in [0.5, 0.6) is 0 Å². The van der Waals surface area contributed by atoms with Crippen molar-refractivity contribution < 1.29 is 13.2 Å². The number of rotatable bonds is 9. The van der Waals surface area contributed by atoms with E-state index >= 15 is 0 Å². The van der Waals surface area contributed by atoms with E-state index in [-0.39, 0.29) is 10.3 Å². The van der Waals surface area contributed by atoms with Gasteiger partial charge in [-0.15, -0.1) is 0 Å². The lowest BCUT2D eigenvalue weighted by Gasteiger charge is -2.15. The molecule has 1 aliphatic carbocycles. The highest BCUT2D eigenvalue weighted by Gasteiger charge is 2.42. The zero-order valence-corrected chi connectivity index (χ0v) is 12.5. The number of hydrogen-bond donors (Lipinski definition) is 2. The summed E-state index contributed by atoms with van der Waals surface area (Å²) in [5.41, 5.74) is 5.49. The van der Waals surface area contributed by atoms with Crippen molar-refractivity contribution in [2.24, 2.45) is 11.1 Å². The van der Waals surface area contributed by atoms with Crippen LogP contribution in [0.25, 0.3) is 0 Å². The Morgan fingerprint density at radius 1 is 1.55 bits per heavy atom. The quantitative estimate of drug-likeness (QED) is 0.665. The van der Waals surface area contributed by atoms with E-state index in [1.165, 1.54) is 17.1 Å². The van der Waals surface area contributed by atoms with Crippen LogP contribution in [0, 0.1) is 5.41 Å². The van der Waals surface area contributed by atoms with Gasteiger partial charge in [0.05, 0.1) is 12.7 Å². The Morgan fingerprint density at radius 2 is 2.30 bits per heavy atom. The van der Waals surface area contributed by atoms with Crippen molar-refractivity contribution in [1.29, 1.82) is 0 Å². The molecule has 1 aliphatic rings. The smallest absolute Gasteiger partial charge is 0.243 e. The van der Waals surface area contributed by atoms with Crippen LogP contribution >= 0.6 is 0 Å². The maximum absolute atomic E-state index is 12.2. The van der Waals surface area contributed by atoms with E-state index in [1.807, 2.05) is 0 Å². The molecule has 3 N–H and O–H groups in total. The van der Waals surface area contributed by atoms with Gasteiger partial charge in [-0.2, -0.15) is 5.10 Å². The summed E-state index contributed by atoms with van der Waals surface area (Å²) in [5.74, 6) is 0. The largest absolute Gasteiger partial charge is 0.385 e. The van der Waals surface area contributed by atoms with Gasteiger partial charge in [-0.3, -0.25) is 4.68 Å². The molecule has 0 amide bonds. The summed E-state index contributed by atoms with van der Waals surface area (Å²) in [7, 11) is -1.83. The first-order valence-corrected chi connectivity index (χ1v) is 8.21.